The molecule has 1 aromatic heterocycles. The monoisotopic (exact) mass is 356 g/mol. The van der Waals surface area contributed by atoms with E-state index in [1.165, 1.54) is 11.3 Å². The minimum Gasteiger partial charge on any atom is -0.351 e. The smallest absolute Gasteiger partial charge is 0.270 e. The van der Waals surface area contributed by atoms with Gasteiger partial charge in [-0.25, -0.2) is 18.1 Å². The van der Waals surface area contributed by atoms with Crippen molar-refractivity contribution in [1.29, 1.82) is 0 Å². The number of carbonyl (C=O) groups excluding carboxylic acids is 1. The summed E-state index contributed by atoms with van der Waals surface area (Å²) >= 11 is 1.41. The van der Waals surface area contributed by atoms with Gasteiger partial charge in [0.05, 0.1) is 10.8 Å². The van der Waals surface area contributed by atoms with Crippen LogP contribution in [0.15, 0.2) is 5.38 Å². The minimum atomic E-state index is -3.16. The Balaban J connectivity index is 0.00000400. The van der Waals surface area contributed by atoms with Crippen molar-refractivity contribution in [2.45, 2.75) is 19.8 Å². The number of sulfonamides is 1. The highest BCUT2D eigenvalue weighted by molar-refractivity contribution is 7.89. The Bertz CT molecular complexity index is 533. The molecule has 0 aliphatic rings. The second-order valence-corrected chi connectivity index (χ2v) is 7.11. The summed E-state index contributed by atoms with van der Waals surface area (Å²) in [6, 6.07) is 0. The third-order valence-electron chi connectivity index (χ3n) is 2.48. The number of halogens is 1. The molecule has 1 heterocycles. The zero-order valence-electron chi connectivity index (χ0n) is 11.8. The highest BCUT2D eigenvalue weighted by atomic mass is 35.5. The fourth-order valence-electron chi connectivity index (χ4n) is 1.36. The molecule has 0 saturated carbocycles. The van der Waals surface area contributed by atoms with Crippen LogP contribution in [-0.2, 0) is 16.4 Å². The van der Waals surface area contributed by atoms with Crippen molar-refractivity contribution < 1.29 is 13.2 Å². The number of nitrogens with zero attached hydrogens (tertiary/aromatic N) is 1. The SMILES string of the molecule is CCS(=O)(=O)NCCCNC(=O)c1csc(CCN)n1.Cl. The second kappa shape index (κ2) is 10.1. The van der Waals surface area contributed by atoms with E-state index in [-0.39, 0.29) is 24.1 Å². The average molecular weight is 357 g/mol. The molecule has 10 heteroatoms. The molecule has 1 amide bonds. The molecular formula is C11H21ClN4O3S2. The molecule has 0 aliphatic carbocycles. The van der Waals surface area contributed by atoms with Crippen LogP contribution in [0, 0.1) is 0 Å². The van der Waals surface area contributed by atoms with E-state index < -0.39 is 10.0 Å². The number of hydrogen-bond acceptors (Lipinski definition) is 6. The van der Waals surface area contributed by atoms with Crippen molar-refractivity contribution in [3.8, 4) is 0 Å². The fraction of sp³-hybridized carbons (Fsp3) is 0.636. The van der Waals surface area contributed by atoms with E-state index in [0.29, 0.717) is 38.2 Å². The van der Waals surface area contributed by atoms with Gasteiger partial charge in [0.1, 0.15) is 5.69 Å². The lowest BCUT2D eigenvalue weighted by Gasteiger charge is -2.05. The van der Waals surface area contributed by atoms with E-state index in [9.17, 15) is 13.2 Å². The van der Waals surface area contributed by atoms with E-state index in [1.807, 2.05) is 0 Å². The van der Waals surface area contributed by atoms with Gasteiger partial charge in [0.25, 0.3) is 5.91 Å². The van der Waals surface area contributed by atoms with Crippen molar-refractivity contribution in [2.24, 2.45) is 5.73 Å². The van der Waals surface area contributed by atoms with Crippen molar-refractivity contribution in [3.63, 3.8) is 0 Å². The predicted octanol–water partition coefficient (Wildman–Crippen LogP) is 0.125. The van der Waals surface area contributed by atoms with E-state index in [1.54, 1.807) is 12.3 Å². The number of nitrogens with one attached hydrogen (secondary N) is 2. The standard InChI is InChI=1S/C11H20N4O3S2.ClH/c1-2-20(17,18)14-7-3-6-13-11(16)9-8-19-10(15-9)4-5-12;/h8,14H,2-7,12H2,1H3,(H,13,16);1H. The first-order valence-corrected chi connectivity index (χ1v) is 8.91. The van der Waals surface area contributed by atoms with Gasteiger partial charge in [-0.05, 0) is 19.9 Å². The normalized spacial score (nSPS) is 11.0. The van der Waals surface area contributed by atoms with E-state index >= 15 is 0 Å². The number of thiazole rings is 1. The molecule has 1 aromatic rings. The molecule has 122 valence electrons. The summed E-state index contributed by atoms with van der Waals surface area (Å²) in [6.07, 6.45) is 1.20. The van der Waals surface area contributed by atoms with Crippen LogP contribution < -0.4 is 15.8 Å². The number of nitrogens with two attached hydrogens (primary N) is 1. The lowest BCUT2D eigenvalue weighted by Crippen LogP contribution is -2.30. The Hall–Kier alpha value is -0.740. The van der Waals surface area contributed by atoms with E-state index in [2.05, 4.69) is 15.0 Å². The fourth-order valence-corrected chi connectivity index (χ4v) is 2.82. The van der Waals surface area contributed by atoms with Crippen molar-refractivity contribution in [1.82, 2.24) is 15.0 Å². The molecule has 0 fully saturated rings. The summed E-state index contributed by atoms with van der Waals surface area (Å²) in [7, 11) is -3.16. The van der Waals surface area contributed by atoms with Crippen LogP contribution in [0.5, 0.6) is 0 Å². The van der Waals surface area contributed by atoms with Gasteiger partial charge in [0, 0.05) is 24.9 Å². The van der Waals surface area contributed by atoms with Crippen LogP contribution in [0.1, 0.15) is 28.8 Å². The molecule has 7 nitrogen and oxygen atoms in total. The van der Waals surface area contributed by atoms with E-state index in [0.717, 1.165) is 5.01 Å². The summed E-state index contributed by atoms with van der Waals surface area (Å²) in [5, 5.41) is 5.23. The number of rotatable bonds is 9. The Kier molecular flexibility index (Phi) is 9.71. The maximum Gasteiger partial charge on any atom is 0.270 e. The van der Waals surface area contributed by atoms with Crippen LogP contribution in [-0.4, -0.2) is 44.7 Å². The largest absolute Gasteiger partial charge is 0.351 e. The van der Waals surface area contributed by atoms with Gasteiger partial charge in [-0.1, -0.05) is 0 Å². The number of hydrogen-bond donors (Lipinski definition) is 3. The molecule has 0 saturated heterocycles. The summed E-state index contributed by atoms with van der Waals surface area (Å²) < 4.78 is 24.8. The summed E-state index contributed by atoms with van der Waals surface area (Å²) in [5.74, 6) is -0.190. The molecule has 0 aromatic carbocycles. The summed E-state index contributed by atoms with van der Waals surface area (Å²) in [5.41, 5.74) is 5.80. The highest BCUT2D eigenvalue weighted by Crippen LogP contribution is 2.09. The van der Waals surface area contributed by atoms with Crippen molar-refractivity contribution in [2.75, 3.05) is 25.4 Å². The van der Waals surface area contributed by atoms with E-state index in [4.69, 9.17) is 5.73 Å². The van der Waals surface area contributed by atoms with Crippen molar-refractivity contribution >= 4 is 39.7 Å². The van der Waals surface area contributed by atoms with Crippen molar-refractivity contribution in [3.05, 3.63) is 16.1 Å². The topological polar surface area (TPSA) is 114 Å². The van der Waals surface area contributed by atoms with Gasteiger partial charge in [-0.15, -0.1) is 23.7 Å². The van der Waals surface area contributed by atoms with Gasteiger partial charge < -0.3 is 11.1 Å². The zero-order chi connectivity index (χ0) is 15.0. The van der Waals surface area contributed by atoms with Gasteiger partial charge >= 0.3 is 0 Å². The Morgan fingerprint density at radius 1 is 1.43 bits per heavy atom. The molecule has 0 radical (unpaired) electrons. The number of aromatic nitrogens is 1. The van der Waals surface area contributed by atoms with Crippen LogP contribution in [0.2, 0.25) is 0 Å². The zero-order valence-corrected chi connectivity index (χ0v) is 14.2. The number of amides is 1. The lowest BCUT2D eigenvalue weighted by molar-refractivity contribution is 0.0949. The molecule has 0 unspecified atom stereocenters. The molecule has 4 N–H and O–H groups in total. The Morgan fingerprint density at radius 2 is 2.14 bits per heavy atom. The summed E-state index contributed by atoms with van der Waals surface area (Å²) in [6.45, 7) is 2.79. The molecule has 21 heavy (non-hydrogen) atoms. The lowest BCUT2D eigenvalue weighted by atomic mass is 10.4. The van der Waals surface area contributed by atoms with Crippen LogP contribution >= 0.6 is 23.7 Å². The number of carbonyl (C=O) groups is 1. The molecule has 1 rings (SSSR count). The first kappa shape index (κ1) is 20.3. The predicted molar refractivity (Wildman–Crippen MR) is 86.5 cm³/mol. The Morgan fingerprint density at radius 3 is 2.76 bits per heavy atom. The first-order chi connectivity index (χ1) is 9.48. The quantitative estimate of drug-likeness (QED) is 0.544. The van der Waals surface area contributed by atoms with Crippen LogP contribution in [0.25, 0.3) is 0 Å². The minimum absolute atomic E-state index is 0. The van der Waals surface area contributed by atoms with Gasteiger partial charge in [0.15, 0.2) is 0 Å². The second-order valence-electron chi connectivity index (χ2n) is 4.07. The Labute approximate surface area is 135 Å². The van der Waals surface area contributed by atoms with Gasteiger partial charge in [-0.3, -0.25) is 4.79 Å². The average Bonchev–Trinajstić information content (AvgIpc) is 2.87. The van der Waals surface area contributed by atoms with Gasteiger partial charge in [-0.2, -0.15) is 0 Å². The van der Waals surface area contributed by atoms with Crippen LogP contribution in [0.4, 0.5) is 0 Å². The molecule has 0 bridgehead atoms. The molecule has 0 spiro atoms. The summed E-state index contributed by atoms with van der Waals surface area (Å²) in [4.78, 5) is 15.9. The first-order valence-electron chi connectivity index (χ1n) is 6.38. The molecule has 0 atom stereocenters. The molecule has 0 aliphatic heterocycles. The highest BCUT2D eigenvalue weighted by Gasteiger charge is 2.10. The van der Waals surface area contributed by atoms with Crippen LogP contribution in [0.3, 0.4) is 0 Å². The third kappa shape index (κ3) is 7.72. The third-order valence-corrected chi connectivity index (χ3v) is 4.80. The van der Waals surface area contributed by atoms with Gasteiger partial charge in [0.2, 0.25) is 10.0 Å². The maximum atomic E-state index is 11.7. The maximum absolute atomic E-state index is 11.7. The molecular weight excluding hydrogens is 336 g/mol.